The molecule has 128 valence electrons. The normalized spacial score (nSPS) is 17.5. The molecule has 2 rings (SSSR count). The van der Waals surface area contributed by atoms with Gasteiger partial charge in [0.1, 0.15) is 6.04 Å². The third-order valence-corrected chi connectivity index (χ3v) is 4.09. The Bertz CT molecular complexity index is 692. The molecule has 0 saturated heterocycles. The Morgan fingerprint density at radius 2 is 1.83 bits per heavy atom. The number of fused-ring (bicyclic) bond motifs is 1. The average Bonchev–Trinajstić information content (AvgIpc) is 2.52. The first-order valence-corrected chi connectivity index (χ1v) is 7.39. The van der Waals surface area contributed by atoms with Gasteiger partial charge in [-0.15, -0.1) is 0 Å². The van der Waals surface area contributed by atoms with Crippen LogP contribution >= 0.6 is 0 Å². The molecule has 0 fully saturated rings. The SMILES string of the molecule is C=C/C(=C(\C=C)C(F)(F)F)C(C(=O)O)N1CCc2ccccc2C1. The van der Waals surface area contributed by atoms with Gasteiger partial charge in [0, 0.05) is 13.1 Å². The van der Waals surface area contributed by atoms with Crippen LogP contribution in [0.1, 0.15) is 11.1 Å². The van der Waals surface area contributed by atoms with Crippen molar-refractivity contribution in [2.45, 2.75) is 25.2 Å². The fourth-order valence-corrected chi connectivity index (χ4v) is 2.99. The van der Waals surface area contributed by atoms with Gasteiger partial charge in [0.05, 0.1) is 5.57 Å². The highest BCUT2D eigenvalue weighted by Gasteiger charge is 2.39. The van der Waals surface area contributed by atoms with E-state index in [4.69, 9.17) is 0 Å². The number of allylic oxidation sites excluding steroid dienone is 2. The van der Waals surface area contributed by atoms with Crippen molar-refractivity contribution in [2.24, 2.45) is 0 Å². The molecule has 1 aliphatic rings. The summed E-state index contributed by atoms with van der Waals surface area (Å²) in [5.41, 5.74) is 0.556. The van der Waals surface area contributed by atoms with Crippen molar-refractivity contribution in [3.8, 4) is 0 Å². The van der Waals surface area contributed by atoms with E-state index in [1.807, 2.05) is 24.3 Å². The molecule has 0 aromatic heterocycles. The molecule has 0 saturated carbocycles. The van der Waals surface area contributed by atoms with Gasteiger partial charge >= 0.3 is 12.1 Å². The van der Waals surface area contributed by atoms with Crippen molar-refractivity contribution in [3.05, 3.63) is 71.8 Å². The maximum absolute atomic E-state index is 13.2. The van der Waals surface area contributed by atoms with Gasteiger partial charge in [-0.3, -0.25) is 9.69 Å². The lowest BCUT2D eigenvalue weighted by atomic mass is 9.94. The Morgan fingerprint density at radius 1 is 1.21 bits per heavy atom. The summed E-state index contributed by atoms with van der Waals surface area (Å²) in [5.74, 6) is -1.34. The van der Waals surface area contributed by atoms with Gasteiger partial charge in [-0.05, 0) is 23.1 Å². The molecule has 6 heteroatoms. The molecule has 1 atom stereocenters. The molecule has 0 radical (unpaired) electrons. The van der Waals surface area contributed by atoms with E-state index in [1.54, 1.807) is 0 Å². The van der Waals surface area contributed by atoms with Gasteiger partial charge < -0.3 is 5.11 Å². The second kappa shape index (κ2) is 7.05. The molecule has 1 heterocycles. The van der Waals surface area contributed by atoms with E-state index in [2.05, 4.69) is 13.2 Å². The predicted molar refractivity (Wildman–Crippen MR) is 85.5 cm³/mol. The van der Waals surface area contributed by atoms with E-state index in [9.17, 15) is 23.1 Å². The quantitative estimate of drug-likeness (QED) is 0.833. The largest absolute Gasteiger partial charge is 0.480 e. The first kappa shape index (κ1) is 18.0. The highest BCUT2D eigenvalue weighted by molar-refractivity contribution is 5.79. The number of nitrogens with zero attached hydrogens (tertiary/aromatic N) is 1. The van der Waals surface area contributed by atoms with Gasteiger partial charge in [-0.2, -0.15) is 13.2 Å². The maximum Gasteiger partial charge on any atom is 0.416 e. The van der Waals surface area contributed by atoms with Crippen molar-refractivity contribution in [3.63, 3.8) is 0 Å². The van der Waals surface area contributed by atoms with Crippen molar-refractivity contribution in [2.75, 3.05) is 6.54 Å². The van der Waals surface area contributed by atoms with Crippen molar-refractivity contribution in [1.29, 1.82) is 0 Å². The van der Waals surface area contributed by atoms with Gasteiger partial charge in [0.25, 0.3) is 0 Å². The first-order chi connectivity index (χ1) is 11.3. The third-order valence-electron chi connectivity index (χ3n) is 4.09. The molecule has 24 heavy (non-hydrogen) atoms. The van der Waals surface area contributed by atoms with E-state index in [0.29, 0.717) is 19.0 Å². The van der Waals surface area contributed by atoms with Crippen LogP contribution in [0.25, 0.3) is 0 Å². The highest BCUT2D eigenvalue weighted by atomic mass is 19.4. The Labute approximate surface area is 138 Å². The second-order valence-electron chi connectivity index (χ2n) is 5.50. The summed E-state index contributed by atoms with van der Waals surface area (Å²) < 4.78 is 39.6. The zero-order chi connectivity index (χ0) is 17.9. The summed E-state index contributed by atoms with van der Waals surface area (Å²) in [6, 6.07) is 6.09. The molecular weight excluding hydrogens is 319 g/mol. The van der Waals surface area contributed by atoms with Crippen LogP contribution in [0, 0.1) is 0 Å². The van der Waals surface area contributed by atoms with Crippen LogP contribution in [-0.4, -0.2) is 34.7 Å². The van der Waals surface area contributed by atoms with Gasteiger partial charge in [0.15, 0.2) is 0 Å². The summed E-state index contributed by atoms with van der Waals surface area (Å²) >= 11 is 0. The number of carbonyl (C=O) groups is 1. The number of carboxylic acid groups (broad SMARTS) is 1. The van der Waals surface area contributed by atoms with Crippen LogP contribution < -0.4 is 0 Å². The van der Waals surface area contributed by atoms with Crippen LogP contribution in [0.3, 0.4) is 0 Å². The summed E-state index contributed by atoms with van der Waals surface area (Å²) in [6.07, 6.45) is -2.50. The maximum atomic E-state index is 13.2. The third kappa shape index (κ3) is 3.59. The van der Waals surface area contributed by atoms with Crippen LogP contribution in [-0.2, 0) is 17.8 Å². The van der Waals surface area contributed by atoms with Gasteiger partial charge in [-0.1, -0.05) is 49.6 Å². The van der Waals surface area contributed by atoms with E-state index >= 15 is 0 Å². The van der Waals surface area contributed by atoms with Crippen LogP contribution in [0.15, 0.2) is 60.7 Å². The first-order valence-electron chi connectivity index (χ1n) is 7.39. The molecule has 0 spiro atoms. The summed E-state index contributed by atoms with van der Waals surface area (Å²) in [4.78, 5) is 13.3. The number of halogens is 3. The van der Waals surface area contributed by atoms with Gasteiger partial charge in [-0.25, -0.2) is 0 Å². The van der Waals surface area contributed by atoms with Crippen LogP contribution in [0.4, 0.5) is 13.2 Å². The molecule has 1 N–H and O–H groups in total. The fraction of sp³-hybridized carbons (Fsp3) is 0.278. The molecule has 1 aromatic rings. The van der Waals surface area contributed by atoms with E-state index in [0.717, 1.165) is 17.2 Å². The minimum Gasteiger partial charge on any atom is -0.480 e. The summed E-state index contributed by atoms with van der Waals surface area (Å²) in [5, 5.41) is 9.56. The summed E-state index contributed by atoms with van der Waals surface area (Å²) in [7, 11) is 0. The average molecular weight is 337 g/mol. The lowest BCUT2D eigenvalue weighted by molar-refractivity contribution is -0.142. The number of alkyl halides is 3. The lowest BCUT2D eigenvalue weighted by Gasteiger charge is -2.34. The van der Waals surface area contributed by atoms with Crippen LogP contribution in [0.5, 0.6) is 0 Å². The minimum atomic E-state index is -4.69. The predicted octanol–water partition coefficient (Wildman–Crippen LogP) is 3.73. The smallest absolute Gasteiger partial charge is 0.416 e. The number of carboxylic acids is 1. The topological polar surface area (TPSA) is 40.5 Å². The Hall–Kier alpha value is -2.34. The molecular formula is C18H18F3NO2. The number of benzene rings is 1. The van der Waals surface area contributed by atoms with Crippen LogP contribution in [0.2, 0.25) is 0 Å². The zero-order valence-corrected chi connectivity index (χ0v) is 13.0. The number of aliphatic carboxylic acids is 1. The van der Waals surface area contributed by atoms with Crippen molar-refractivity contribution < 1.29 is 23.1 Å². The Morgan fingerprint density at radius 3 is 2.33 bits per heavy atom. The Balaban J connectivity index is 2.47. The van der Waals surface area contributed by atoms with E-state index in [1.165, 1.54) is 4.90 Å². The zero-order valence-electron chi connectivity index (χ0n) is 13.0. The van der Waals surface area contributed by atoms with Crippen molar-refractivity contribution in [1.82, 2.24) is 4.90 Å². The molecule has 1 aliphatic heterocycles. The van der Waals surface area contributed by atoms with Gasteiger partial charge in [0.2, 0.25) is 0 Å². The van der Waals surface area contributed by atoms with Crippen molar-refractivity contribution >= 4 is 5.97 Å². The standard InChI is InChI=1S/C18H18F3NO2/c1-3-14(15(4-2)18(19,20)21)16(17(23)24)22-10-9-12-7-5-6-8-13(12)11-22/h3-8,16H,1-2,9-11H2,(H,23,24)/b15-14-. The molecule has 0 aliphatic carbocycles. The second-order valence-corrected chi connectivity index (χ2v) is 5.50. The Kier molecular flexibility index (Phi) is 5.29. The summed E-state index contributed by atoms with van der Waals surface area (Å²) in [6.45, 7) is 7.20. The number of hydrogen-bond donors (Lipinski definition) is 1. The molecule has 0 bridgehead atoms. The lowest BCUT2D eigenvalue weighted by Crippen LogP contribution is -2.45. The van der Waals surface area contributed by atoms with E-state index in [-0.39, 0.29) is 12.1 Å². The molecule has 0 amide bonds. The number of hydrogen-bond acceptors (Lipinski definition) is 2. The molecule has 1 unspecified atom stereocenters. The highest BCUT2D eigenvalue weighted by Crippen LogP contribution is 2.33. The number of rotatable bonds is 5. The monoisotopic (exact) mass is 337 g/mol. The minimum absolute atomic E-state index is 0.271. The molecule has 1 aromatic carbocycles. The molecule has 3 nitrogen and oxygen atoms in total. The van der Waals surface area contributed by atoms with E-state index < -0.39 is 23.8 Å². The fourth-order valence-electron chi connectivity index (χ4n) is 2.99.